The molecule has 0 aliphatic rings. The van der Waals surface area contributed by atoms with Gasteiger partial charge in [0, 0.05) is 16.7 Å². The van der Waals surface area contributed by atoms with Gasteiger partial charge in [0.1, 0.15) is 11.5 Å². The van der Waals surface area contributed by atoms with E-state index in [1.165, 1.54) is 24.3 Å². The number of nitrogens with zero attached hydrogens (tertiary/aromatic N) is 1. The minimum atomic E-state index is -4.52. The van der Waals surface area contributed by atoms with Crippen LogP contribution in [0.1, 0.15) is 5.56 Å². The first kappa shape index (κ1) is 18.5. The van der Waals surface area contributed by atoms with Crippen LogP contribution in [0, 0.1) is 10.1 Å². The number of ether oxygens (including phenoxy) is 1. The third-order valence-corrected chi connectivity index (χ3v) is 3.17. The van der Waals surface area contributed by atoms with E-state index < -0.39 is 29.1 Å². The van der Waals surface area contributed by atoms with Crippen molar-refractivity contribution < 1.29 is 27.6 Å². The molecule has 0 atom stereocenters. The Balaban J connectivity index is 2.14. The van der Waals surface area contributed by atoms with Gasteiger partial charge < -0.3 is 10.1 Å². The Morgan fingerprint density at radius 3 is 2.56 bits per heavy atom. The van der Waals surface area contributed by atoms with Gasteiger partial charge in [-0.1, -0.05) is 17.7 Å². The molecule has 0 radical (unpaired) electrons. The lowest BCUT2D eigenvalue weighted by Crippen LogP contribution is -2.21. The first-order valence-corrected chi connectivity index (χ1v) is 7.09. The van der Waals surface area contributed by atoms with Crippen LogP contribution in [-0.4, -0.2) is 17.4 Å². The van der Waals surface area contributed by atoms with Crippen LogP contribution < -0.4 is 10.1 Å². The van der Waals surface area contributed by atoms with Crippen molar-refractivity contribution in [2.24, 2.45) is 0 Å². The lowest BCUT2D eigenvalue weighted by atomic mass is 10.2. The second-order valence-corrected chi connectivity index (χ2v) is 5.22. The van der Waals surface area contributed by atoms with Crippen LogP contribution in [0.3, 0.4) is 0 Å². The fourth-order valence-electron chi connectivity index (χ4n) is 1.84. The summed E-state index contributed by atoms with van der Waals surface area (Å²) >= 11 is 5.80. The molecule has 6 nitrogen and oxygen atoms in total. The summed E-state index contributed by atoms with van der Waals surface area (Å²) in [5, 5.41) is 12.3. The van der Waals surface area contributed by atoms with Gasteiger partial charge in [0.25, 0.3) is 12.5 Å². The molecule has 2 rings (SSSR count). The smallest absolute Gasteiger partial charge is 0.416 e. The molecule has 0 aliphatic heterocycles. The number of rotatable bonds is 5. The number of carbonyl (C=O) groups is 1. The fraction of sp³-hybridized carbons (Fsp3) is 0.133. The largest absolute Gasteiger partial charge is 0.456 e. The quantitative estimate of drug-likeness (QED) is 0.622. The van der Waals surface area contributed by atoms with E-state index in [0.717, 1.165) is 18.2 Å². The third-order valence-electron chi connectivity index (χ3n) is 2.88. The molecule has 132 valence electrons. The number of hydrogen-bond acceptors (Lipinski definition) is 4. The summed E-state index contributed by atoms with van der Waals surface area (Å²) < 4.78 is 43.2. The lowest BCUT2D eigenvalue weighted by Gasteiger charge is -2.12. The number of alkyl halides is 3. The minimum absolute atomic E-state index is 0.0107. The van der Waals surface area contributed by atoms with E-state index in [1.54, 1.807) is 0 Å². The first-order valence-electron chi connectivity index (χ1n) is 6.71. The molecule has 0 spiro atoms. The molecule has 0 aromatic heterocycles. The molecule has 0 saturated carbocycles. The van der Waals surface area contributed by atoms with E-state index in [1.807, 2.05) is 0 Å². The van der Waals surface area contributed by atoms with Crippen LogP contribution in [0.2, 0.25) is 5.02 Å². The SMILES string of the molecule is O=C(C[N+](=O)[O-])Nc1cccc(Oc2ccc(C(F)(F)F)cc2Cl)c1. The van der Waals surface area contributed by atoms with Crippen LogP contribution in [0.4, 0.5) is 18.9 Å². The Kier molecular flexibility index (Phi) is 5.48. The van der Waals surface area contributed by atoms with E-state index in [4.69, 9.17) is 16.3 Å². The van der Waals surface area contributed by atoms with E-state index in [0.29, 0.717) is 0 Å². The summed E-state index contributed by atoms with van der Waals surface area (Å²) in [4.78, 5) is 20.8. The van der Waals surface area contributed by atoms with E-state index >= 15 is 0 Å². The molecule has 2 aromatic carbocycles. The zero-order chi connectivity index (χ0) is 18.6. The average Bonchev–Trinajstić information content (AvgIpc) is 2.47. The molecule has 1 N–H and O–H groups in total. The molecular weight excluding hydrogens is 365 g/mol. The number of carbonyl (C=O) groups excluding carboxylic acids is 1. The summed E-state index contributed by atoms with van der Waals surface area (Å²) in [7, 11) is 0. The van der Waals surface area contributed by atoms with Crippen molar-refractivity contribution in [1.29, 1.82) is 0 Å². The molecule has 2 aromatic rings. The van der Waals surface area contributed by atoms with Crippen molar-refractivity contribution in [3.63, 3.8) is 0 Å². The standard InChI is InChI=1S/C15H10ClF3N2O4/c16-12-6-9(15(17,18)19)4-5-13(12)25-11-3-1-2-10(7-11)20-14(22)8-21(23)24/h1-7H,8H2,(H,20,22). The number of hydrogen-bond donors (Lipinski definition) is 1. The van der Waals surface area contributed by atoms with Gasteiger partial charge in [-0.2, -0.15) is 13.2 Å². The van der Waals surface area contributed by atoms with E-state index in [-0.39, 0.29) is 22.2 Å². The van der Waals surface area contributed by atoms with Gasteiger partial charge >= 0.3 is 6.18 Å². The van der Waals surface area contributed by atoms with Gasteiger partial charge in [0.05, 0.1) is 10.6 Å². The predicted molar refractivity (Wildman–Crippen MR) is 83.5 cm³/mol. The topological polar surface area (TPSA) is 81.5 Å². The van der Waals surface area contributed by atoms with Crippen molar-refractivity contribution in [3.8, 4) is 11.5 Å². The maximum Gasteiger partial charge on any atom is 0.416 e. The monoisotopic (exact) mass is 374 g/mol. The molecule has 1 amide bonds. The summed E-state index contributed by atoms with van der Waals surface area (Å²) in [5.74, 6) is -0.654. The molecule has 0 fully saturated rings. The van der Waals surface area contributed by atoms with Crippen LogP contribution in [-0.2, 0) is 11.0 Å². The van der Waals surface area contributed by atoms with Gasteiger partial charge in [0.2, 0.25) is 0 Å². The highest BCUT2D eigenvalue weighted by molar-refractivity contribution is 6.32. The zero-order valence-corrected chi connectivity index (χ0v) is 13.1. The van der Waals surface area contributed by atoms with Gasteiger partial charge in [-0.25, -0.2) is 0 Å². The molecule has 25 heavy (non-hydrogen) atoms. The van der Waals surface area contributed by atoms with Crippen molar-refractivity contribution >= 4 is 23.2 Å². The van der Waals surface area contributed by atoms with Gasteiger partial charge in [-0.05, 0) is 30.3 Å². The molecule has 0 heterocycles. The van der Waals surface area contributed by atoms with Crippen LogP contribution >= 0.6 is 11.6 Å². The van der Waals surface area contributed by atoms with Crippen LogP contribution in [0.25, 0.3) is 0 Å². The number of nitro groups is 1. The normalized spacial score (nSPS) is 11.0. The molecule has 0 aliphatic carbocycles. The molecule has 10 heteroatoms. The number of benzene rings is 2. The highest BCUT2D eigenvalue weighted by atomic mass is 35.5. The Hall–Kier alpha value is -2.81. The number of anilines is 1. The zero-order valence-electron chi connectivity index (χ0n) is 12.3. The van der Waals surface area contributed by atoms with E-state index in [9.17, 15) is 28.1 Å². The van der Waals surface area contributed by atoms with Crippen LogP contribution in [0.15, 0.2) is 42.5 Å². The minimum Gasteiger partial charge on any atom is -0.456 e. The third kappa shape index (κ3) is 5.35. The Morgan fingerprint density at radius 1 is 1.24 bits per heavy atom. The maximum atomic E-state index is 12.6. The molecule has 0 bridgehead atoms. The van der Waals surface area contributed by atoms with Crippen molar-refractivity contribution in [3.05, 3.63) is 63.2 Å². The molecule has 0 unspecified atom stereocenters. The van der Waals surface area contributed by atoms with Crippen molar-refractivity contribution in [2.45, 2.75) is 6.18 Å². The highest BCUT2D eigenvalue weighted by Crippen LogP contribution is 2.36. The Morgan fingerprint density at radius 2 is 1.96 bits per heavy atom. The predicted octanol–water partition coefficient (Wildman–Crippen LogP) is 4.37. The van der Waals surface area contributed by atoms with Gasteiger partial charge in [-0.3, -0.25) is 14.9 Å². The lowest BCUT2D eigenvalue weighted by molar-refractivity contribution is -0.467. The fourth-order valence-corrected chi connectivity index (χ4v) is 2.06. The van der Waals surface area contributed by atoms with E-state index in [2.05, 4.69) is 5.32 Å². The van der Waals surface area contributed by atoms with Crippen molar-refractivity contribution in [2.75, 3.05) is 11.9 Å². The average molecular weight is 375 g/mol. The van der Waals surface area contributed by atoms with Gasteiger partial charge in [-0.15, -0.1) is 0 Å². The highest BCUT2D eigenvalue weighted by Gasteiger charge is 2.31. The van der Waals surface area contributed by atoms with Crippen LogP contribution in [0.5, 0.6) is 11.5 Å². The first-order chi connectivity index (χ1) is 11.6. The Bertz CT molecular complexity index is 812. The molecule has 0 saturated heterocycles. The summed E-state index contributed by atoms with van der Waals surface area (Å²) in [6.45, 7) is -0.893. The molecular formula is C15H10ClF3N2O4. The van der Waals surface area contributed by atoms with Crippen molar-refractivity contribution in [1.82, 2.24) is 0 Å². The van der Waals surface area contributed by atoms with Gasteiger partial charge in [0.15, 0.2) is 0 Å². The maximum absolute atomic E-state index is 12.6. The Labute approximate surface area is 144 Å². The summed E-state index contributed by atoms with van der Waals surface area (Å²) in [6, 6.07) is 8.43. The summed E-state index contributed by atoms with van der Waals surface area (Å²) in [6.07, 6.45) is -4.52. The second-order valence-electron chi connectivity index (χ2n) is 4.81. The second kappa shape index (κ2) is 7.39. The number of halogens is 4. The summed E-state index contributed by atoms with van der Waals surface area (Å²) in [5.41, 5.74) is -0.682. The number of amides is 1. The number of nitrogens with one attached hydrogen (secondary N) is 1.